The lowest BCUT2D eigenvalue weighted by molar-refractivity contribution is -0.616. The number of aromatic nitrogens is 2. The molecular formula is C11H9BrN2O. The average molecular weight is 265 g/mol. The number of nitrogens with zero attached hydrogens (tertiary/aromatic N) is 2. The minimum absolute atomic E-state index is 0.456. The normalized spacial score (nSPS) is 10.2. The smallest absolute Gasteiger partial charge is 0.312 e. The van der Waals surface area contributed by atoms with Gasteiger partial charge in [-0.25, -0.2) is 4.73 Å². The zero-order valence-corrected chi connectivity index (χ0v) is 9.52. The number of rotatable bonds is 2. The molecule has 0 unspecified atom stereocenters. The maximum absolute atomic E-state index is 11.3. The maximum Gasteiger partial charge on any atom is 0.312 e. The first-order valence-corrected chi connectivity index (χ1v) is 5.64. The van der Waals surface area contributed by atoms with Gasteiger partial charge in [0.2, 0.25) is 0 Å². The van der Waals surface area contributed by atoms with Crippen LogP contribution in [0.1, 0.15) is 5.82 Å². The van der Waals surface area contributed by atoms with Gasteiger partial charge in [-0.15, -0.1) is 0 Å². The predicted molar refractivity (Wildman–Crippen MR) is 61.3 cm³/mol. The summed E-state index contributed by atoms with van der Waals surface area (Å²) in [6, 6.07) is 11.5. The molecule has 0 saturated carbocycles. The van der Waals surface area contributed by atoms with Crippen LogP contribution in [-0.2, 0) is 5.33 Å². The Balaban J connectivity index is 2.46. The van der Waals surface area contributed by atoms with Crippen LogP contribution in [0.5, 0.6) is 0 Å². The molecule has 76 valence electrons. The molecule has 4 heteroatoms. The van der Waals surface area contributed by atoms with Crippen molar-refractivity contribution < 1.29 is 4.73 Å². The zero-order chi connectivity index (χ0) is 10.7. The maximum atomic E-state index is 11.3. The van der Waals surface area contributed by atoms with Gasteiger partial charge in [-0.05, 0) is 4.98 Å². The summed E-state index contributed by atoms with van der Waals surface area (Å²) in [5.41, 5.74) is 1.83. The number of hydrogen-bond donors (Lipinski definition) is 0. The van der Waals surface area contributed by atoms with Crippen molar-refractivity contribution in [3.05, 3.63) is 53.6 Å². The number of alkyl halides is 1. The van der Waals surface area contributed by atoms with Crippen molar-refractivity contribution in [3.8, 4) is 11.3 Å². The Bertz CT molecular complexity index is 459. The van der Waals surface area contributed by atoms with Gasteiger partial charge < -0.3 is 5.21 Å². The molecule has 0 atom stereocenters. The highest BCUT2D eigenvalue weighted by molar-refractivity contribution is 9.08. The Kier molecular flexibility index (Phi) is 2.97. The number of halogens is 1. The van der Waals surface area contributed by atoms with Crippen LogP contribution in [0.25, 0.3) is 11.3 Å². The first kappa shape index (κ1) is 10.1. The summed E-state index contributed by atoms with van der Waals surface area (Å²) < 4.78 is 0.765. The highest BCUT2D eigenvalue weighted by Gasteiger charge is 2.10. The molecule has 0 saturated heterocycles. The zero-order valence-electron chi connectivity index (χ0n) is 7.93. The molecule has 0 aliphatic carbocycles. The monoisotopic (exact) mass is 264 g/mol. The number of hydrogen-bond acceptors (Lipinski definition) is 2. The first-order chi connectivity index (χ1) is 7.31. The molecule has 2 rings (SSSR count). The van der Waals surface area contributed by atoms with Gasteiger partial charge in [-0.2, -0.15) is 0 Å². The van der Waals surface area contributed by atoms with Gasteiger partial charge in [0, 0.05) is 11.6 Å². The Labute approximate surface area is 96.1 Å². The quantitative estimate of drug-likeness (QED) is 0.474. The van der Waals surface area contributed by atoms with E-state index in [1.807, 2.05) is 30.3 Å². The van der Waals surface area contributed by atoms with Crippen LogP contribution in [0.2, 0.25) is 0 Å². The Morgan fingerprint density at radius 1 is 1.20 bits per heavy atom. The van der Waals surface area contributed by atoms with Crippen molar-refractivity contribution in [3.63, 3.8) is 0 Å². The van der Waals surface area contributed by atoms with E-state index in [1.165, 1.54) is 6.20 Å². The van der Waals surface area contributed by atoms with Crippen LogP contribution in [0.4, 0.5) is 0 Å². The minimum atomic E-state index is 0.456. The molecule has 1 aromatic carbocycles. The molecule has 0 radical (unpaired) electrons. The van der Waals surface area contributed by atoms with Gasteiger partial charge in [0.25, 0.3) is 0 Å². The highest BCUT2D eigenvalue weighted by atomic mass is 79.9. The summed E-state index contributed by atoms with van der Waals surface area (Å²) >= 11 is 3.23. The molecule has 0 N–H and O–H groups in total. The van der Waals surface area contributed by atoms with Crippen LogP contribution in [0.3, 0.4) is 0 Å². The van der Waals surface area contributed by atoms with E-state index in [0.29, 0.717) is 11.2 Å². The van der Waals surface area contributed by atoms with Crippen molar-refractivity contribution in [1.29, 1.82) is 0 Å². The summed E-state index contributed by atoms with van der Waals surface area (Å²) in [6.45, 7) is 0. The topological polar surface area (TPSA) is 39.8 Å². The van der Waals surface area contributed by atoms with Crippen LogP contribution in [0, 0.1) is 5.21 Å². The van der Waals surface area contributed by atoms with E-state index >= 15 is 0 Å². The lowest BCUT2D eigenvalue weighted by atomic mass is 10.1. The standard InChI is InChI=1S/C11H9BrN2O/c12-8-11-13-10(6-7-14(11)15)9-4-2-1-3-5-9/h1-7H,8H2. The van der Waals surface area contributed by atoms with E-state index in [1.54, 1.807) is 6.07 Å². The predicted octanol–water partition coefficient (Wildman–Crippen LogP) is 2.28. The van der Waals surface area contributed by atoms with E-state index < -0.39 is 0 Å². The first-order valence-electron chi connectivity index (χ1n) is 4.52. The van der Waals surface area contributed by atoms with Crippen LogP contribution in [-0.4, -0.2) is 4.98 Å². The minimum Gasteiger partial charge on any atom is -0.711 e. The lowest BCUT2D eigenvalue weighted by Gasteiger charge is -2.04. The van der Waals surface area contributed by atoms with Gasteiger partial charge >= 0.3 is 5.82 Å². The molecule has 0 aliphatic heterocycles. The average Bonchev–Trinajstić information content (AvgIpc) is 2.31. The Morgan fingerprint density at radius 2 is 1.93 bits per heavy atom. The molecule has 0 fully saturated rings. The van der Waals surface area contributed by atoms with Crippen molar-refractivity contribution in [2.45, 2.75) is 5.33 Å². The second kappa shape index (κ2) is 4.40. The molecular weight excluding hydrogens is 256 g/mol. The van der Waals surface area contributed by atoms with Crippen LogP contribution >= 0.6 is 15.9 Å². The van der Waals surface area contributed by atoms with Gasteiger partial charge in [0.15, 0.2) is 5.69 Å². The third-order valence-corrected chi connectivity index (χ3v) is 2.56. The Hall–Kier alpha value is -1.42. The van der Waals surface area contributed by atoms with Gasteiger partial charge in [-0.1, -0.05) is 46.3 Å². The summed E-state index contributed by atoms with van der Waals surface area (Å²) in [6.07, 6.45) is 1.48. The highest BCUT2D eigenvalue weighted by Crippen LogP contribution is 2.15. The SMILES string of the molecule is [O-][n+]1ccc(-c2ccccc2)nc1CBr. The molecule has 2 aromatic rings. The van der Waals surface area contributed by atoms with Gasteiger partial charge in [-0.3, -0.25) is 0 Å². The fourth-order valence-electron chi connectivity index (χ4n) is 1.31. The summed E-state index contributed by atoms with van der Waals surface area (Å²) in [7, 11) is 0. The fraction of sp³-hybridized carbons (Fsp3) is 0.0909. The van der Waals surface area contributed by atoms with Crippen molar-refractivity contribution in [1.82, 2.24) is 4.98 Å². The van der Waals surface area contributed by atoms with E-state index in [2.05, 4.69) is 20.9 Å². The summed E-state index contributed by atoms with van der Waals surface area (Å²) in [5.74, 6) is 0.469. The second-order valence-electron chi connectivity index (χ2n) is 3.05. The van der Waals surface area contributed by atoms with E-state index in [0.717, 1.165) is 16.0 Å². The van der Waals surface area contributed by atoms with Crippen molar-refractivity contribution in [2.75, 3.05) is 0 Å². The third-order valence-electron chi connectivity index (χ3n) is 2.06. The van der Waals surface area contributed by atoms with Gasteiger partial charge in [0.1, 0.15) is 5.33 Å². The van der Waals surface area contributed by atoms with E-state index in [4.69, 9.17) is 0 Å². The lowest BCUT2D eigenvalue weighted by Crippen LogP contribution is -2.31. The summed E-state index contributed by atoms with van der Waals surface area (Å²) in [4.78, 5) is 4.26. The molecule has 15 heavy (non-hydrogen) atoms. The molecule has 0 aliphatic rings. The van der Waals surface area contributed by atoms with Gasteiger partial charge in [0.05, 0.1) is 6.20 Å². The molecule has 3 nitrogen and oxygen atoms in total. The van der Waals surface area contributed by atoms with Crippen LogP contribution in [0.15, 0.2) is 42.6 Å². The van der Waals surface area contributed by atoms with Crippen LogP contribution < -0.4 is 4.73 Å². The Morgan fingerprint density at radius 3 is 2.60 bits per heavy atom. The van der Waals surface area contributed by atoms with Crippen molar-refractivity contribution in [2.24, 2.45) is 0 Å². The fourth-order valence-corrected chi connectivity index (χ4v) is 1.68. The molecule has 1 heterocycles. The number of benzene rings is 1. The van der Waals surface area contributed by atoms with E-state index in [-0.39, 0.29) is 0 Å². The molecule has 0 bridgehead atoms. The molecule has 0 amide bonds. The largest absolute Gasteiger partial charge is 0.711 e. The summed E-state index contributed by atoms with van der Waals surface area (Å²) in [5, 5.41) is 11.7. The molecule has 0 spiro atoms. The van der Waals surface area contributed by atoms with E-state index in [9.17, 15) is 5.21 Å². The third kappa shape index (κ3) is 2.15. The van der Waals surface area contributed by atoms with Crippen molar-refractivity contribution >= 4 is 15.9 Å². The second-order valence-corrected chi connectivity index (χ2v) is 3.62. The molecule has 1 aromatic heterocycles.